The zero-order valence-electron chi connectivity index (χ0n) is 24.9. The number of carbonyl (C=O) groups is 1. The highest BCUT2D eigenvalue weighted by Crippen LogP contribution is 2.31. The number of nitrogens with one attached hydrogen (secondary N) is 3. The van der Waals surface area contributed by atoms with Crippen molar-refractivity contribution in [2.24, 2.45) is 0 Å². The molecular formula is C34H44N4O3. The number of amides is 1. The van der Waals surface area contributed by atoms with Crippen molar-refractivity contribution >= 4 is 11.6 Å². The Labute approximate surface area is 243 Å². The molecule has 0 saturated carbocycles. The first-order valence-corrected chi connectivity index (χ1v) is 15.1. The van der Waals surface area contributed by atoms with Gasteiger partial charge in [-0.3, -0.25) is 14.5 Å². The van der Waals surface area contributed by atoms with Crippen LogP contribution in [0.5, 0.6) is 0 Å². The van der Waals surface area contributed by atoms with Gasteiger partial charge in [0.25, 0.3) is 11.5 Å². The second kappa shape index (κ2) is 13.0. The third-order valence-corrected chi connectivity index (χ3v) is 8.65. The first-order valence-electron chi connectivity index (χ1n) is 15.1. The Bertz CT molecular complexity index is 1420. The number of pyridine rings is 1. The number of aryl methyl sites for hydroxylation is 2. The summed E-state index contributed by atoms with van der Waals surface area (Å²) in [6, 6.07) is 15.1. The number of benzene rings is 2. The van der Waals surface area contributed by atoms with Crippen LogP contribution in [0.4, 0.5) is 5.69 Å². The summed E-state index contributed by atoms with van der Waals surface area (Å²) in [5.74, 6) is -0.184. The van der Waals surface area contributed by atoms with Crippen LogP contribution in [-0.4, -0.2) is 47.6 Å². The van der Waals surface area contributed by atoms with Crippen LogP contribution in [-0.2, 0) is 17.8 Å². The molecule has 5 rings (SSSR count). The molecular weight excluding hydrogens is 512 g/mol. The van der Waals surface area contributed by atoms with Crippen LogP contribution in [0.2, 0.25) is 0 Å². The van der Waals surface area contributed by atoms with Crippen LogP contribution >= 0.6 is 0 Å². The van der Waals surface area contributed by atoms with E-state index in [2.05, 4.69) is 57.8 Å². The molecule has 3 heterocycles. The third kappa shape index (κ3) is 7.08. The van der Waals surface area contributed by atoms with E-state index < -0.39 is 0 Å². The van der Waals surface area contributed by atoms with Crippen molar-refractivity contribution in [2.45, 2.75) is 85.0 Å². The Morgan fingerprint density at radius 1 is 1.05 bits per heavy atom. The Kier molecular flexibility index (Phi) is 9.25. The van der Waals surface area contributed by atoms with E-state index in [9.17, 15) is 9.59 Å². The smallest absolute Gasteiger partial charge is 0.253 e. The molecule has 1 amide bonds. The van der Waals surface area contributed by atoms with Gasteiger partial charge in [-0.15, -0.1) is 0 Å². The fraction of sp³-hybridized carbons (Fsp3) is 0.471. The number of likely N-dealkylation sites (tertiary alicyclic amines) is 1. The lowest BCUT2D eigenvalue weighted by molar-refractivity contribution is 0.00924. The number of ether oxygens (including phenoxy) is 1. The van der Waals surface area contributed by atoms with E-state index in [-0.39, 0.29) is 30.2 Å². The quantitative estimate of drug-likeness (QED) is 0.307. The minimum absolute atomic E-state index is 0.158. The van der Waals surface area contributed by atoms with Gasteiger partial charge in [0.05, 0.1) is 6.10 Å². The molecule has 0 aliphatic carbocycles. The van der Waals surface area contributed by atoms with E-state index in [1.165, 1.54) is 31.5 Å². The molecule has 3 N–H and O–H groups in total. The predicted octanol–water partition coefficient (Wildman–Crippen LogP) is 5.86. The number of aromatic amines is 1. The fourth-order valence-electron chi connectivity index (χ4n) is 6.15. The number of nitrogens with zero attached hydrogens (tertiary/aromatic N) is 1. The van der Waals surface area contributed by atoms with Crippen molar-refractivity contribution in [1.29, 1.82) is 0 Å². The number of carbonyl (C=O) groups excluding carboxylic acids is 1. The van der Waals surface area contributed by atoms with Gasteiger partial charge in [-0.05, 0) is 112 Å². The van der Waals surface area contributed by atoms with Gasteiger partial charge in [0, 0.05) is 48.2 Å². The molecule has 2 unspecified atom stereocenters. The summed E-state index contributed by atoms with van der Waals surface area (Å²) in [5.41, 5.74) is 8.00. The molecule has 2 aromatic carbocycles. The van der Waals surface area contributed by atoms with Gasteiger partial charge in [0.2, 0.25) is 0 Å². The number of aromatic nitrogens is 1. The Hall–Kier alpha value is -3.42. The van der Waals surface area contributed by atoms with Gasteiger partial charge in [0.15, 0.2) is 0 Å². The Morgan fingerprint density at radius 3 is 2.51 bits per heavy atom. The summed E-state index contributed by atoms with van der Waals surface area (Å²) in [7, 11) is 0. The molecule has 2 aliphatic heterocycles. The standard InChI is InChI=1S/C34H44N4O3/c1-5-29-19-28(12-15-41-29)37-32-18-27(26-10-8-25(9-11-26)21-38-13-6-7-14-38)17-30(24(32)4)33(39)35-20-31-22(2)16-23(3)36-34(31)40/h8-11,16-18,28-29,37H,5-7,12-15,19-21H2,1-4H3,(H,35,39)(H,36,40). The SMILES string of the molecule is CCC1CC(Nc2cc(-c3ccc(CN4CCCC4)cc3)cc(C(=O)NCc3c(C)cc(C)[nH]c3=O)c2C)CCO1. The number of anilines is 1. The molecule has 2 atom stereocenters. The van der Waals surface area contributed by atoms with E-state index in [1.54, 1.807) is 0 Å². The maximum atomic E-state index is 13.6. The average Bonchev–Trinajstić information content (AvgIpc) is 3.47. The molecule has 7 nitrogen and oxygen atoms in total. The summed E-state index contributed by atoms with van der Waals surface area (Å²) < 4.78 is 5.90. The van der Waals surface area contributed by atoms with Crippen LogP contribution in [0.3, 0.4) is 0 Å². The normalized spacial score (nSPS) is 19.3. The minimum atomic E-state index is -0.184. The van der Waals surface area contributed by atoms with Crippen LogP contribution < -0.4 is 16.2 Å². The Morgan fingerprint density at radius 2 is 1.80 bits per heavy atom. The van der Waals surface area contributed by atoms with Crippen molar-refractivity contribution in [1.82, 2.24) is 15.2 Å². The predicted molar refractivity (Wildman–Crippen MR) is 166 cm³/mol. The molecule has 1 aromatic heterocycles. The molecule has 2 saturated heterocycles. The fourth-order valence-corrected chi connectivity index (χ4v) is 6.15. The molecule has 7 heteroatoms. The van der Waals surface area contributed by atoms with Gasteiger partial charge >= 0.3 is 0 Å². The van der Waals surface area contributed by atoms with Crippen molar-refractivity contribution < 1.29 is 9.53 Å². The van der Waals surface area contributed by atoms with Gasteiger partial charge in [-0.2, -0.15) is 0 Å². The monoisotopic (exact) mass is 556 g/mol. The first-order chi connectivity index (χ1) is 19.8. The van der Waals surface area contributed by atoms with Gasteiger partial charge in [0.1, 0.15) is 0 Å². The van der Waals surface area contributed by atoms with Gasteiger partial charge in [-0.1, -0.05) is 31.2 Å². The summed E-state index contributed by atoms with van der Waals surface area (Å²) in [4.78, 5) is 31.5. The Balaban J connectivity index is 1.42. The lowest BCUT2D eigenvalue weighted by Gasteiger charge is -2.31. The van der Waals surface area contributed by atoms with E-state index >= 15 is 0 Å². The zero-order valence-corrected chi connectivity index (χ0v) is 24.9. The molecule has 0 radical (unpaired) electrons. The number of rotatable bonds is 9. The summed E-state index contributed by atoms with van der Waals surface area (Å²) in [6.07, 6.45) is 5.70. The van der Waals surface area contributed by atoms with E-state index in [1.807, 2.05) is 32.9 Å². The lowest BCUT2D eigenvalue weighted by atomic mass is 9.95. The van der Waals surface area contributed by atoms with E-state index in [0.29, 0.717) is 11.1 Å². The molecule has 2 fully saturated rings. The van der Waals surface area contributed by atoms with Crippen molar-refractivity contribution in [3.8, 4) is 11.1 Å². The van der Waals surface area contributed by atoms with E-state index in [4.69, 9.17) is 4.74 Å². The van der Waals surface area contributed by atoms with E-state index in [0.717, 1.165) is 66.0 Å². The summed E-state index contributed by atoms with van der Waals surface area (Å²) in [6.45, 7) is 12.2. The molecule has 41 heavy (non-hydrogen) atoms. The molecule has 218 valence electrons. The molecule has 0 bridgehead atoms. The molecule has 2 aliphatic rings. The maximum Gasteiger partial charge on any atom is 0.253 e. The maximum absolute atomic E-state index is 13.6. The van der Waals surface area contributed by atoms with Crippen LogP contribution in [0.1, 0.15) is 77.3 Å². The molecule has 0 spiro atoms. The van der Waals surface area contributed by atoms with Crippen molar-refractivity contribution in [3.63, 3.8) is 0 Å². The second-order valence-corrected chi connectivity index (χ2v) is 11.8. The van der Waals surface area contributed by atoms with Crippen LogP contribution in [0.15, 0.2) is 47.3 Å². The van der Waals surface area contributed by atoms with Crippen molar-refractivity contribution in [3.05, 3.63) is 86.3 Å². The third-order valence-electron chi connectivity index (χ3n) is 8.65. The summed E-state index contributed by atoms with van der Waals surface area (Å²) >= 11 is 0. The van der Waals surface area contributed by atoms with Crippen LogP contribution in [0.25, 0.3) is 11.1 Å². The lowest BCUT2D eigenvalue weighted by Crippen LogP contribution is -2.34. The van der Waals surface area contributed by atoms with Gasteiger partial charge < -0.3 is 20.4 Å². The highest BCUT2D eigenvalue weighted by Gasteiger charge is 2.23. The zero-order chi connectivity index (χ0) is 28.9. The number of hydrogen-bond acceptors (Lipinski definition) is 5. The second-order valence-electron chi connectivity index (χ2n) is 11.8. The summed E-state index contributed by atoms with van der Waals surface area (Å²) in [5, 5.41) is 6.78. The highest BCUT2D eigenvalue weighted by molar-refractivity contribution is 5.98. The highest BCUT2D eigenvalue weighted by atomic mass is 16.5. The van der Waals surface area contributed by atoms with Crippen LogP contribution in [0, 0.1) is 20.8 Å². The largest absolute Gasteiger partial charge is 0.382 e. The minimum Gasteiger partial charge on any atom is -0.382 e. The van der Waals surface area contributed by atoms with Gasteiger partial charge in [-0.25, -0.2) is 0 Å². The van der Waals surface area contributed by atoms with Crippen molar-refractivity contribution in [2.75, 3.05) is 25.0 Å². The number of hydrogen-bond donors (Lipinski definition) is 3. The topological polar surface area (TPSA) is 86.5 Å². The number of H-pyrrole nitrogens is 1. The first kappa shape index (κ1) is 29.1. The average molecular weight is 557 g/mol. The molecule has 3 aromatic rings.